The van der Waals surface area contributed by atoms with E-state index in [9.17, 15) is 0 Å². The van der Waals surface area contributed by atoms with Crippen LogP contribution in [0.4, 0.5) is 0 Å². The molecule has 0 fully saturated rings. The summed E-state index contributed by atoms with van der Waals surface area (Å²) in [4.78, 5) is 0. The highest BCUT2D eigenvalue weighted by atomic mass is 32.1. The molecule has 3 nitrogen and oxygen atoms in total. The van der Waals surface area contributed by atoms with Crippen molar-refractivity contribution in [2.75, 3.05) is 0 Å². The third kappa shape index (κ3) is 5.02. The second kappa shape index (κ2) is 13.5. The number of furan rings is 1. The quantitative estimate of drug-likeness (QED) is 0.162. The number of aromatic nitrogens is 2. The van der Waals surface area contributed by atoms with Crippen LogP contribution in [0.2, 0.25) is 0 Å². The fraction of sp³-hybridized carbons (Fsp3) is 0. The summed E-state index contributed by atoms with van der Waals surface area (Å²) >= 11 is 1.90. The molecule has 306 valence electrons. The van der Waals surface area contributed by atoms with E-state index in [4.69, 9.17) is 4.42 Å². The maximum absolute atomic E-state index is 6.23. The minimum atomic E-state index is 0.899. The number of para-hydroxylation sites is 2. The number of nitrogens with zero attached hydrogens (tertiary/aromatic N) is 2. The van der Waals surface area contributed by atoms with Crippen molar-refractivity contribution in [3.05, 3.63) is 219 Å². The molecule has 4 heterocycles. The molecule has 0 saturated heterocycles. The monoisotopic (exact) mass is 856 g/mol. The summed E-state index contributed by atoms with van der Waals surface area (Å²) in [7, 11) is 0. The van der Waals surface area contributed by atoms with Gasteiger partial charge in [-0.15, -0.1) is 11.3 Å². The van der Waals surface area contributed by atoms with E-state index in [1.54, 1.807) is 0 Å². The zero-order valence-corrected chi connectivity index (χ0v) is 36.3. The summed E-state index contributed by atoms with van der Waals surface area (Å²) in [5.41, 5.74) is 12.6. The maximum atomic E-state index is 6.23. The Morgan fingerprint density at radius 1 is 0.348 bits per heavy atom. The Morgan fingerprint density at radius 3 is 1.80 bits per heavy atom. The molecule has 0 radical (unpaired) electrons. The van der Waals surface area contributed by atoms with Gasteiger partial charge in [0.05, 0.1) is 16.6 Å². The number of benzene rings is 11. The number of hydrogen-bond acceptors (Lipinski definition) is 2. The lowest BCUT2D eigenvalue weighted by atomic mass is 9.94. The summed E-state index contributed by atoms with van der Waals surface area (Å²) < 4.78 is 13.7. The fourth-order valence-electron chi connectivity index (χ4n) is 11.2. The Bertz CT molecular complexity index is 4490. The smallest absolute Gasteiger partial charge is 0.135 e. The summed E-state index contributed by atoms with van der Waals surface area (Å²) in [5, 5.41) is 16.3. The molecule has 0 spiro atoms. The van der Waals surface area contributed by atoms with Gasteiger partial charge < -0.3 is 13.6 Å². The average Bonchev–Trinajstić information content (AvgIpc) is 4.15. The van der Waals surface area contributed by atoms with Crippen LogP contribution >= 0.6 is 11.3 Å². The van der Waals surface area contributed by atoms with Gasteiger partial charge in [0.1, 0.15) is 11.2 Å². The van der Waals surface area contributed by atoms with Crippen molar-refractivity contribution in [1.82, 2.24) is 9.13 Å². The van der Waals surface area contributed by atoms with Gasteiger partial charge in [0.2, 0.25) is 0 Å². The lowest BCUT2D eigenvalue weighted by molar-refractivity contribution is 0.669. The Balaban J connectivity index is 0.956. The first-order valence-corrected chi connectivity index (χ1v) is 23.4. The highest BCUT2D eigenvalue weighted by Gasteiger charge is 2.22. The summed E-state index contributed by atoms with van der Waals surface area (Å²) in [6, 6.07) is 78.0. The zero-order chi connectivity index (χ0) is 43.0. The molecule has 0 aliphatic rings. The average molecular weight is 857 g/mol. The molecule has 4 aromatic heterocycles. The molecule has 15 rings (SSSR count). The lowest BCUT2D eigenvalue weighted by Crippen LogP contribution is -1.95. The molecule has 0 atom stereocenters. The predicted octanol–water partition coefficient (Wildman–Crippen LogP) is 17.8. The van der Waals surface area contributed by atoms with Crippen molar-refractivity contribution >= 4 is 118 Å². The van der Waals surface area contributed by atoms with Crippen LogP contribution in [0, 0.1) is 0 Å². The van der Waals surface area contributed by atoms with Crippen molar-refractivity contribution < 1.29 is 4.42 Å². The first-order chi connectivity index (χ1) is 32.7. The number of hydrogen-bond donors (Lipinski definition) is 0. The van der Waals surface area contributed by atoms with E-state index >= 15 is 0 Å². The molecule has 15 aromatic rings. The number of rotatable bonds is 4. The van der Waals surface area contributed by atoms with Crippen LogP contribution < -0.4 is 0 Å². The third-order valence-electron chi connectivity index (χ3n) is 14.1. The molecule has 0 N–H and O–H groups in total. The van der Waals surface area contributed by atoms with Gasteiger partial charge in [0, 0.05) is 70.2 Å². The molecule has 0 aliphatic heterocycles. The van der Waals surface area contributed by atoms with Crippen LogP contribution in [-0.2, 0) is 0 Å². The molecular formula is C62H36N2OS. The number of thiophene rings is 1. The van der Waals surface area contributed by atoms with Crippen LogP contribution in [0.3, 0.4) is 0 Å². The van der Waals surface area contributed by atoms with Gasteiger partial charge in [-0.3, -0.25) is 0 Å². The Morgan fingerprint density at radius 2 is 0.985 bits per heavy atom. The van der Waals surface area contributed by atoms with E-state index in [1.165, 1.54) is 108 Å². The largest absolute Gasteiger partial charge is 0.456 e. The maximum Gasteiger partial charge on any atom is 0.135 e. The number of fused-ring (bicyclic) bond motifs is 17. The summed E-state index contributed by atoms with van der Waals surface area (Å²) in [5.74, 6) is 0. The zero-order valence-electron chi connectivity index (χ0n) is 35.5. The molecule has 0 bridgehead atoms. The minimum absolute atomic E-state index is 0.899. The molecule has 0 unspecified atom stereocenters. The van der Waals surface area contributed by atoms with E-state index in [0.29, 0.717) is 0 Å². The Hall–Kier alpha value is -8.44. The van der Waals surface area contributed by atoms with Crippen LogP contribution in [0.25, 0.3) is 141 Å². The van der Waals surface area contributed by atoms with Crippen molar-refractivity contribution in [2.24, 2.45) is 0 Å². The first kappa shape index (κ1) is 36.0. The van der Waals surface area contributed by atoms with Crippen molar-refractivity contribution in [3.63, 3.8) is 0 Å². The normalized spacial score (nSPS) is 12.2. The van der Waals surface area contributed by atoms with Gasteiger partial charge in [-0.1, -0.05) is 152 Å². The van der Waals surface area contributed by atoms with Crippen LogP contribution in [0.1, 0.15) is 0 Å². The molecular weight excluding hydrogens is 821 g/mol. The predicted molar refractivity (Wildman–Crippen MR) is 281 cm³/mol. The lowest BCUT2D eigenvalue weighted by Gasteiger charge is -2.14. The molecule has 11 aromatic carbocycles. The van der Waals surface area contributed by atoms with E-state index in [0.717, 1.165) is 33.1 Å². The highest BCUT2D eigenvalue weighted by Crippen LogP contribution is 2.47. The Kier molecular flexibility index (Phi) is 7.38. The molecule has 4 heteroatoms. The van der Waals surface area contributed by atoms with Gasteiger partial charge in [0.25, 0.3) is 0 Å². The third-order valence-corrected chi connectivity index (χ3v) is 15.3. The topological polar surface area (TPSA) is 23.0 Å². The van der Waals surface area contributed by atoms with Gasteiger partial charge in [0.15, 0.2) is 0 Å². The van der Waals surface area contributed by atoms with Crippen LogP contribution in [-0.4, -0.2) is 9.13 Å². The van der Waals surface area contributed by atoms with Gasteiger partial charge >= 0.3 is 0 Å². The summed E-state index contributed by atoms with van der Waals surface area (Å²) in [6.07, 6.45) is 2.31. The van der Waals surface area contributed by atoms with Crippen molar-refractivity contribution in [3.8, 4) is 33.6 Å². The van der Waals surface area contributed by atoms with Crippen LogP contribution in [0.15, 0.2) is 223 Å². The second-order valence-electron chi connectivity index (χ2n) is 17.6. The second-order valence-corrected chi connectivity index (χ2v) is 18.6. The van der Waals surface area contributed by atoms with Gasteiger partial charge in [-0.25, -0.2) is 0 Å². The van der Waals surface area contributed by atoms with E-state index in [-0.39, 0.29) is 0 Å². The van der Waals surface area contributed by atoms with Crippen LogP contribution in [0.5, 0.6) is 0 Å². The molecule has 0 saturated carbocycles. The van der Waals surface area contributed by atoms with Crippen molar-refractivity contribution in [1.29, 1.82) is 0 Å². The summed E-state index contributed by atoms with van der Waals surface area (Å²) in [6.45, 7) is 0. The SMILES string of the molecule is c1ccc(-c2cn(-c3ccc4oc5ccccc5c4c3)c3ccc(-c4cccc5c4sc4ccc6c7ccccc7n(-c7ccc8c9ccccc9c9ccccc9c8c7)c6c45)cc23)cc1. The first-order valence-electron chi connectivity index (χ1n) is 22.6. The van der Waals surface area contributed by atoms with E-state index in [2.05, 4.69) is 216 Å². The Labute approximate surface area is 382 Å². The molecule has 0 amide bonds. The van der Waals surface area contributed by atoms with E-state index in [1.807, 2.05) is 23.5 Å². The van der Waals surface area contributed by atoms with Crippen molar-refractivity contribution in [2.45, 2.75) is 0 Å². The highest BCUT2D eigenvalue weighted by molar-refractivity contribution is 7.26. The molecule has 0 aliphatic carbocycles. The minimum Gasteiger partial charge on any atom is -0.456 e. The van der Waals surface area contributed by atoms with E-state index < -0.39 is 0 Å². The fourth-order valence-corrected chi connectivity index (χ4v) is 12.4. The molecule has 66 heavy (non-hydrogen) atoms. The van der Waals surface area contributed by atoms with Gasteiger partial charge in [-0.2, -0.15) is 0 Å². The standard InChI is InChI=1S/C62H36N2OS/c1-2-13-37(14-3-1)54-36-63(39-27-31-58-53(34-39)48-20-9-11-24-57(48)65-58)55-30-25-38(33-52(54)55)41-21-12-22-50-60-59(66-62(41)50)32-29-49-47-19-8-10-23-56(47)64(61(49)60)40-26-28-46-44-17-5-4-15-42(44)43-16-6-7-18-45(43)51(46)35-40/h1-36H. The van der Waals surface area contributed by atoms with Gasteiger partial charge in [-0.05, 0) is 110 Å².